The van der Waals surface area contributed by atoms with E-state index in [1.807, 2.05) is 18.2 Å². The number of halogens is 2. The molecule has 1 saturated carbocycles. The number of rotatable bonds is 5. The highest BCUT2D eigenvalue weighted by Gasteiger charge is 2.28. The molecule has 1 aromatic rings. The van der Waals surface area contributed by atoms with Crippen LogP contribution >= 0.6 is 23.2 Å². The number of benzene rings is 1. The van der Waals surface area contributed by atoms with Gasteiger partial charge < -0.3 is 0 Å². The molecule has 3 atom stereocenters. The molecule has 112 valence electrons. The van der Waals surface area contributed by atoms with Crippen molar-refractivity contribution in [1.29, 1.82) is 0 Å². The predicted molar refractivity (Wildman–Crippen MR) is 87.0 cm³/mol. The summed E-state index contributed by atoms with van der Waals surface area (Å²) < 4.78 is 0. The highest BCUT2D eigenvalue weighted by molar-refractivity contribution is 6.36. The van der Waals surface area contributed by atoms with E-state index in [1.165, 1.54) is 32.1 Å². The van der Waals surface area contributed by atoms with E-state index in [4.69, 9.17) is 29.0 Å². The third kappa shape index (κ3) is 3.88. The molecule has 1 aromatic carbocycles. The Bertz CT molecular complexity index is 416. The van der Waals surface area contributed by atoms with Gasteiger partial charge in [0.2, 0.25) is 0 Å². The average Bonchev–Trinajstić information content (AvgIpc) is 2.47. The van der Waals surface area contributed by atoms with E-state index in [1.54, 1.807) is 0 Å². The molecule has 0 spiro atoms. The quantitative estimate of drug-likeness (QED) is 0.616. The molecule has 20 heavy (non-hydrogen) atoms. The Morgan fingerprint density at radius 3 is 2.60 bits per heavy atom. The Labute approximate surface area is 132 Å². The molecule has 0 aliphatic heterocycles. The van der Waals surface area contributed by atoms with E-state index < -0.39 is 0 Å². The molecule has 2 rings (SSSR count). The molecule has 2 nitrogen and oxygen atoms in total. The van der Waals surface area contributed by atoms with Crippen molar-refractivity contribution < 1.29 is 0 Å². The number of nitrogens with two attached hydrogens (primary N) is 1. The van der Waals surface area contributed by atoms with Crippen LogP contribution in [-0.4, -0.2) is 6.04 Å². The van der Waals surface area contributed by atoms with Crippen molar-refractivity contribution in [2.24, 2.45) is 17.7 Å². The van der Waals surface area contributed by atoms with Crippen LogP contribution < -0.4 is 11.3 Å². The number of nitrogens with one attached hydrogen (secondary N) is 1. The zero-order valence-corrected chi connectivity index (χ0v) is 13.6. The molecule has 0 bridgehead atoms. The van der Waals surface area contributed by atoms with Crippen molar-refractivity contribution in [1.82, 2.24) is 5.43 Å². The lowest BCUT2D eigenvalue weighted by atomic mass is 9.75. The molecule has 0 amide bonds. The van der Waals surface area contributed by atoms with Crippen LogP contribution in [0.25, 0.3) is 0 Å². The van der Waals surface area contributed by atoms with Crippen molar-refractivity contribution in [2.75, 3.05) is 0 Å². The summed E-state index contributed by atoms with van der Waals surface area (Å²) in [5.74, 6) is 7.26. The first-order valence-corrected chi connectivity index (χ1v) is 8.30. The smallest absolute Gasteiger partial charge is 0.0453 e. The first-order valence-electron chi connectivity index (χ1n) is 7.54. The Morgan fingerprint density at radius 1 is 1.30 bits per heavy atom. The summed E-state index contributed by atoms with van der Waals surface area (Å²) in [5.41, 5.74) is 4.01. The molecule has 0 radical (unpaired) electrons. The number of hydrazine groups is 1. The second kappa shape index (κ2) is 7.65. The van der Waals surface area contributed by atoms with Crippen LogP contribution in [0, 0.1) is 11.8 Å². The van der Waals surface area contributed by atoms with Crippen LogP contribution in [0.1, 0.15) is 44.6 Å². The fraction of sp³-hybridized carbons (Fsp3) is 0.625. The van der Waals surface area contributed by atoms with E-state index in [0.29, 0.717) is 5.92 Å². The Morgan fingerprint density at radius 2 is 2.00 bits per heavy atom. The van der Waals surface area contributed by atoms with E-state index in [-0.39, 0.29) is 6.04 Å². The fourth-order valence-electron chi connectivity index (χ4n) is 3.38. The summed E-state index contributed by atoms with van der Waals surface area (Å²) >= 11 is 12.5. The molecule has 1 aliphatic carbocycles. The van der Waals surface area contributed by atoms with E-state index in [2.05, 4.69) is 12.3 Å². The molecule has 3 N–H and O–H groups in total. The second-order valence-electron chi connectivity index (χ2n) is 5.88. The molecule has 1 fully saturated rings. The molecule has 0 saturated heterocycles. The highest BCUT2D eigenvalue weighted by Crippen LogP contribution is 2.35. The SMILES string of the molecule is CCC1CCCC(C(Cc2c(Cl)cccc2Cl)NN)C1. The van der Waals surface area contributed by atoms with Crippen LogP contribution in [0.3, 0.4) is 0 Å². The first-order chi connectivity index (χ1) is 9.65. The average molecular weight is 315 g/mol. The van der Waals surface area contributed by atoms with Crippen LogP contribution in [0.2, 0.25) is 10.0 Å². The lowest BCUT2D eigenvalue weighted by Gasteiger charge is -2.34. The molecular weight excluding hydrogens is 291 g/mol. The van der Waals surface area contributed by atoms with Gasteiger partial charge in [-0.1, -0.05) is 55.5 Å². The fourth-order valence-corrected chi connectivity index (χ4v) is 3.93. The van der Waals surface area contributed by atoms with Crippen molar-refractivity contribution in [3.63, 3.8) is 0 Å². The van der Waals surface area contributed by atoms with Gasteiger partial charge in [-0.2, -0.15) is 0 Å². The first kappa shape index (κ1) is 16.1. The van der Waals surface area contributed by atoms with Gasteiger partial charge in [-0.05, 0) is 48.8 Å². The minimum atomic E-state index is 0.252. The van der Waals surface area contributed by atoms with Crippen LogP contribution in [0.4, 0.5) is 0 Å². The Hall–Kier alpha value is -0.280. The summed E-state index contributed by atoms with van der Waals surface area (Å²) in [4.78, 5) is 0. The van der Waals surface area contributed by atoms with Crippen molar-refractivity contribution >= 4 is 23.2 Å². The zero-order chi connectivity index (χ0) is 14.5. The largest absolute Gasteiger partial charge is 0.271 e. The lowest BCUT2D eigenvalue weighted by Crippen LogP contribution is -2.44. The maximum atomic E-state index is 6.27. The maximum absolute atomic E-state index is 6.27. The summed E-state index contributed by atoms with van der Waals surface area (Å²) in [6.07, 6.45) is 7.23. The van der Waals surface area contributed by atoms with Crippen molar-refractivity contribution in [3.05, 3.63) is 33.8 Å². The summed E-state index contributed by atoms with van der Waals surface area (Å²) in [6.45, 7) is 2.28. The van der Waals surface area contributed by atoms with E-state index >= 15 is 0 Å². The van der Waals surface area contributed by atoms with Gasteiger partial charge in [0.05, 0.1) is 0 Å². The summed E-state index contributed by atoms with van der Waals surface area (Å²) in [5, 5.41) is 1.47. The molecule has 1 aliphatic rings. The number of hydrogen-bond acceptors (Lipinski definition) is 2. The van der Waals surface area contributed by atoms with Crippen molar-refractivity contribution in [3.8, 4) is 0 Å². The highest BCUT2D eigenvalue weighted by atomic mass is 35.5. The monoisotopic (exact) mass is 314 g/mol. The van der Waals surface area contributed by atoms with Crippen LogP contribution in [0.5, 0.6) is 0 Å². The Balaban J connectivity index is 2.08. The minimum Gasteiger partial charge on any atom is -0.271 e. The second-order valence-corrected chi connectivity index (χ2v) is 6.69. The van der Waals surface area contributed by atoms with Gasteiger partial charge in [0.15, 0.2) is 0 Å². The van der Waals surface area contributed by atoms with Crippen LogP contribution in [-0.2, 0) is 6.42 Å². The summed E-state index contributed by atoms with van der Waals surface area (Å²) in [6, 6.07) is 5.92. The zero-order valence-electron chi connectivity index (χ0n) is 12.0. The summed E-state index contributed by atoms with van der Waals surface area (Å²) in [7, 11) is 0. The lowest BCUT2D eigenvalue weighted by molar-refractivity contribution is 0.208. The Kier molecular flexibility index (Phi) is 6.16. The van der Waals surface area contributed by atoms with Crippen molar-refractivity contribution in [2.45, 2.75) is 51.5 Å². The van der Waals surface area contributed by atoms with E-state index in [0.717, 1.165) is 27.9 Å². The van der Waals surface area contributed by atoms with Gasteiger partial charge in [-0.25, -0.2) is 0 Å². The van der Waals surface area contributed by atoms with Gasteiger partial charge >= 0.3 is 0 Å². The number of hydrogen-bond donors (Lipinski definition) is 2. The van der Waals surface area contributed by atoms with Gasteiger partial charge in [0.25, 0.3) is 0 Å². The van der Waals surface area contributed by atoms with Crippen LogP contribution in [0.15, 0.2) is 18.2 Å². The topological polar surface area (TPSA) is 38.0 Å². The van der Waals surface area contributed by atoms with Gasteiger partial charge in [-0.15, -0.1) is 0 Å². The predicted octanol–water partition coefficient (Wildman–Crippen LogP) is 4.58. The molecule has 4 heteroatoms. The minimum absolute atomic E-state index is 0.252. The van der Waals surface area contributed by atoms with E-state index in [9.17, 15) is 0 Å². The van der Waals surface area contributed by atoms with Gasteiger partial charge in [0.1, 0.15) is 0 Å². The molecule has 0 heterocycles. The molecule has 0 aromatic heterocycles. The van der Waals surface area contributed by atoms with Gasteiger partial charge in [0, 0.05) is 16.1 Å². The molecule has 3 unspecified atom stereocenters. The molecular formula is C16H24Cl2N2. The van der Waals surface area contributed by atoms with Gasteiger partial charge in [-0.3, -0.25) is 11.3 Å². The maximum Gasteiger partial charge on any atom is 0.0453 e. The normalized spacial score (nSPS) is 24.6. The standard InChI is InChI=1S/C16H24Cl2N2/c1-2-11-5-3-6-12(9-11)16(20-19)10-13-14(17)7-4-8-15(13)18/h4,7-8,11-12,16,20H,2-3,5-6,9-10,19H2,1H3. The third-order valence-electron chi connectivity index (χ3n) is 4.67. The third-order valence-corrected chi connectivity index (χ3v) is 5.38.